The minimum Gasteiger partial charge on any atom is -0.489 e. The molecule has 0 aliphatic carbocycles. The maximum absolute atomic E-state index is 11.5. The number of ether oxygens (including phenoxy) is 1. The van der Waals surface area contributed by atoms with Crippen LogP contribution in [0, 0.1) is 0 Å². The van der Waals surface area contributed by atoms with E-state index in [0.29, 0.717) is 16.9 Å². The van der Waals surface area contributed by atoms with Gasteiger partial charge in [-0.1, -0.05) is 36.4 Å². The average Bonchev–Trinajstić information content (AvgIpc) is 2.52. The molecule has 23 heavy (non-hydrogen) atoms. The second-order valence-electron chi connectivity index (χ2n) is 5.04. The van der Waals surface area contributed by atoms with Gasteiger partial charge in [-0.15, -0.1) is 4.40 Å². The summed E-state index contributed by atoms with van der Waals surface area (Å²) in [5, 5.41) is 0.853. The third kappa shape index (κ3) is 3.98. The van der Waals surface area contributed by atoms with Gasteiger partial charge in [-0.2, -0.15) is 0 Å². The molecule has 6 heteroatoms. The van der Waals surface area contributed by atoms with Gasteiger partial charge in [-0.25, -0.2) is 8.42 Å². The maximum atomic E-state index is 11.5. The largest absolute Gasteiger partial charge is 0.489 e. The van der Waals surface area contributed by atoms with E-state index in [-0.39, 0.29) is 12.2 Å². The van der Waals surface area contributed by atoms with Gasteiger partial charge in [0.2, 0.25) is 5.55 Å². The maximum Gasteiger partial charge on any atom is 0.253 e. The van der Waals surface area contributed by atoms with E-state index in [2.05, 4.69) is 4.40 Å². The predicted molar refractivity (Wildman–Crippen MR) is 87.4 cm³/mol. The highest BCUT2D eigenvalue weighted by Gasteiger charge is 2.07. The number of hydrogen-bond donors (Lipinski definition) is 0. The van der Waals surface area contributed by atoms with Crippen molar-refractivity contribution < 1.29 is 17.6 Å². The predicted octanol–water partition coefficient (Wildman–Crippen LogP) is 2.87. The minimum atomic E-state index is -3.58. The molecule has 5 nitrogen and oxygen atoms in total. The summed E-state index contributed by atoms with van der Waals surface area (Å²) < 4.78 is 38.0. The van der Waals surface area contributed by atoms with E-state index in [0.717, 1.165) is 11.6 Å². The Morgan fingerprint density at radius 3 is 2.48 bits per heavy atom. The van der Waals surface area contributed by atoms with E-state index < -0.39 is 10.0 Å². The summed E-state index contributed by atoms with van der Waals surface area (Å²) in [7, 11) is -3.58. The first kappa shape index (κ1) is 15.3. The van der Waals surface area contributed by atoms with E-state index in [1.807, 2.05) is 54.6 Å². The van der Waals surface area contributed by atoms with Gasteiger partial charge in [-0.3, -0.25) is 0 Å². The zero-order valence-corrected chi connectivity index (χ0v) is 13.3. The molecule has 0 N–H and O–H groups in total. The van der Waals surface area contributed by atoms with E-state index in [1.165, 1.54) is 0 Å². The van der Waals surface area contributed by atoms with Crippen molar-refractivity contribution in [3.63, 3.8) is 0 Å². The molecule has 0 saturated carbocycles. The number of fused-ring (bicyclic) bond motifs is 1. The molecule has 0 unspecified atom stereocenters. The van der Waals surface area contributed by atoms with Crippen molar-refractivity contribution in [3.05, 3.63) is 71.8 Å². The van der Waals surface area contributed by atoms with Crippen LogP contribution in [0.15, 0.2) is 69.5 Å². The van der Waals surface area contributed by atoms with Crippen molar-refractivity contribution in [3.8, 4) is 5.75 Å². The third-order valence-electron chi connectivity index (χ3n) is 3.12. The van der Waals surface area contributed by atoms with E-state index in [9.17, 15) is 8.42 Å². The van der Waals surface area contributed by atoms with Crippen LogP contribution in [0.2, 0.25) is 0 Å². The second kappa shape index (κ2) is 6.26. The van der Waals surface area contributed by atoms with Gasteiger partial charge in [-0.05, 0) is 24.3 Å². The molecular weight excluding hydrogens is 314 g/mol. The number of hydrogen-bond acceptors (Lipinski definition) is 4. The number of nitrogens with zero attached hydrogens (tertiary/aromatic N) is 1. The SMILES string of the molecule is CS(=O)(=O)/N=c1\oc2ccccc2cc1COc1ccccc1. The molecule has 0 saturated heterocycles. The summed E-state index contributed by atoms with van der Waals surface area (Å²) in [5.41, 5.74) is 1.18. The fourth-order valence-electron chi connectivity index (χ4n) is 2.12. The van der Waals surface area contributed by atoms with E-state index in [4.69, 9.17) is 9.15 Å². The van der Waals surface area contributed by atoms with Gasteiger partial charge in [0.05, 0.1) is 11.8 Å². The molecule has 0 bridgehead atoms. The van der Waals surface area contributed by atoms with Gasteiger partial charge < -0.3 is 9.15 Å². The average molecular weight is 329 g/mol. The van der Waals surface area contributed by atoms with E-state index >= 15 is 0 Å². The van der Waals surface area contributed by atoms with Crippen LogP contribution in [0.5, 0.6) is 5.75 Å². The van der Waals surface area contributed by atoms with Crippen LogP contribution in [0.4, 0.5) is 0 Å². The Morgan fingerprint density at radius 2 is 1.74 bits per heavy atom. The highest BCUT2D eigenvalue weighted by atomic mass is 32.2. The summed E-state index contributed by atoms with van der Waals surface area (Å²) in [6.45, 7) is 0.159. The summed E-state index contributed by atoms with van der Waals surface area (Å²) in [6.07, 6.45) is 1.03. The van der Waals surface area contributed by atoms with Crippen molar-refractivity contribution in [2.75, 3.05) is 6.26 Å². The summed E-state index contributed by atoms with van der Waals surface area (Å²) in [4.78, 5) is 0. The molecule has 0 amide bonds. The Balaban J connectivity index is 2.06. The standard InChI is InChI=1S/C17H15NO4S/c1-23(19,20)18-17-14(12-21-15-8-3-2-4-9-15)11-13-7-5-6-10-16(13)22-17/h2-11H,12H2,1H3/b18-17-. The number of sulfonamides is 1. The van der Waals surface area contributed by atoms with Gasteiger partial charge in [0.1, 0.15) is 17.9 Å². The Labute approximate surface area is 133 Å². The molecule has 2 aromatic carbocycles. The van der Waals surface area contributed by atoms with Crippen LogP contribution in [0.25, 0.3) is 11.0 Å². The second-order valence-corrected chi connectivity index (χ2v) is 6.69. The smallest absolute Gasteiger partial charge is 0.253 e. The Bertz CT molecular complexity index is 992. The molecule has 1 heterocycles. The van der Waals surface area contributed by atoms with E-state index in [1.54, 1.807) is 6.07 Å². The zero-order valence-electron chi connectivity index (χ0n) is 12.5. The van der Waals surface area contributed by atoms with Crippen LogP contribution in [0.3, 0.4) is 0 Å². The fourth-order valence-corrected chi connectivity index (χ4v) is 2.58. The highest BCUT2D eigenvalue weighted by Crippen LogP contribution is 2.15. The van der Waals surface area contributed by atoms with Crippen LogP contribution >= 0.6 is 0 Å². The first-order chi connectivity index (χ1) is 11.0. The van der Waals surface area contributed by atoms with Gasteiger partial charge in [0.15, 0.2) is 0 Å². The topological polar surface area (TPSA) is 68.9 Å². The lowest BCUT2D eigenvalue weighted by Crippen LogP contribution is -2.14. The summed E-state index contributed by atoms with van der Waals surface area (Å²) >= 11 is 0. The summed E-state index contributed by atoms with van der Waals surface area (Å²) in [6, 6.07) is 18.4. The van der Waals surface area contributed by atoms with Gasteiger partial charge in [0, 0.05) is 5.39 Å². The molecule has 3 aromatic rings. The van der Waals surface area contributed by atoms with Crippen molar-refractivity contribution in [2.24, 2.45) is 4.40 Å². The Hall–Kier alpha value is -2.60. The number of para-hydroxylation sites is 2. The molecule has 0 fully saturated rings. The first-order valence-electron chi connectivity index (χ1n) is 6.97. The van der Waals surface area contributed by atoms with Gasteiger partial charge in [0.25, 0.3) is 10.0 Å². The summed E-state index contributed by atoms with van der Waals surface area (Å²) in [5.74, 6) is 0.686. The molecule has 0 radical (unpaired) electrons. The minimum absolute atomic E-state index is 0.0436. The molecule has 0 aliphatic heterocycles. The lowest BCUT2D eigenvalue weighted by molar-refractivity contribution is 0.299. The molecule has 3 rings (SSSR count). The quantitative estimate of drug-likeness (QED) is 0.738. The normalized spacial score (nSPS) is 12.5. The van der Waals surface area contributed by atoms with Crippen LogP contribution in [-0.4, -0.2) is 14.7 Å². The number of benzene rings is 2. The lowest BCUT2D eigenvalue weighted by Gasteiger charge is -2.07. The molecule has 0 spiro atoms. The van der Waals surface area contributed by atoms with Crippen molar-refractivity contribution >= 4 is 21.0 Å². The molecule has 1 aromatic heterocycles. The molecule has 0 atom stereocenters. The van der Waals surface area contributed by atoms with Crippen LogP contribution in [0.1, 0.15) is 5.56 Å². The monoisotopic (exact) mass is 329 g/mol. The zero-order chi connectivity index (χ0) is 16.3. The number of rotatable bonds is 4. The van der Waals surface area contributed by atoms with Crippen molar-refractivity contribution in [1.29, 1.82) is 0 Å². The molecule has 118 valence electrons. The third-order valence-corrected chi connectivity index (χ3v) is 3.61. The molecular formula is C17H15NO4S. The lowest BCUT2D eigenvalue weighted by atomic mass is 10.2. The van der Waals surface area contributed by atoms with Crippen LogP contribution < -0.4 is 10.3 Å². The van der Waals surface area contributed by atoms with Crippen LogP contribution in [-0.2, 0) is 16.6 Å². The van der Waals surface area contributed by atoms with Crippen molar-refractivity contribution in [1.82, 2.24) is 0 Å². The Kier molecular flexibility index (Phi) is 4.16. The van der Waals surface area contributed by atoms with Crippen molar-refractivity contribution in [2.45, 2.75) is 6.61 Å². The fraction of sp³-hybridized carbons (Fsp3) is 0.118. The Morgan fingerprint density at radius 1 is 1.04 bits per heavy atom. The molecule has 0 aliphatic rings. The first-order valence-corrected chi connectivity index (χ1v) is 8.82. The highest BCUT2D eigenvalue weighted by molar-refractivity contribution is 7.89. The van der Waals surface area contributed by atoms with Gasteiger partial charge >= 0.3 is 0 Å².